The first-order chi connectivity index (χ1) is 8.66. The average molecular weight is 247 g/mol. The molecule has 1 atom stereocenters. The molecule has 0 radical (unpaired) electrons. The number of carbonyl (C=O) groups is 1. The van der Waals surface area contributed by atoms with Crippen molar-refractivity contribution in [1.82, 2.24) is 9.80 Å². The first-order valence-electron chi connectivity index (χ1n) is 6.43. The third-order valence-corrected chi connectivity index (χ3v) is 3.44. The van der Waals surface area contributed by atoms with E-state index in [0.717, 1.165) is 31.6 Å². The molecule has 1 saturated heterocycles. The average Bonchev–Trinajstić information content (AvgIpc) is 2.53. The van der Waals surface area contributed by atoms with Gasteiger partial charge in [0.15, 0.2) is 0 Å². The van der Waals surface area contributed by atoms with Crippen molar-refractivity contribution in [3.63, 3.8) is 0 Å². The minimum atomic E-state index is -0.0255. The molecule has 1 aliphatic heterocycles. The summed E-state index contributed by atoms with van der Waals surface area (Å²) < 4.78 is 0. The zero-order chi connectivity index (χ0) is 13.0. The molecule has 2 rings (SSSR count). The Morgan fingerprint density at radius 3 is 2.72 bits per heavy atom. The van der Waals surface area contributed by atoms with E-state index in [9.17, 15) is 4.79 Å². The van der Waals surface area contributed by atoms with Gasteiger partial charge in [0.25, 0.3) is 0 Å². The second-order valence-electron chi connectivity index (χ2n) is 4.92. The first kappa shape index (κ1) is 13.1. The molecule has 0 saturated carbocycles. The van der Waals surface area contributed by atoms with Crippen molar-refractivity contribution >= 4 is 5.91 Å². The summed E-state index contributed by atoms with van der Waals surface area (Å²) in [4.78, 5) is 15.7. The van der Waals surface area contributed by atoms with Crippen LogP contribution in [0.5, 0.6) is 0 Å². The van der Waals surface area contributed by atoms with Gasteiger partial charge >= 0.3 is 0 Å². The zero-order valence-electron chi connectivity index (χ0n) is 10.9. The molecule has 0 spiro atoms. The molecule has 4 nitrogen and oxygen atoms in total. The first-order valence-corrected chi connectivity index (χ1v) is 6.43. The Morgan fingerprint density at radius 2 is 2.00 bits per heavy atom. The highest BCUT2D eigenvalue weighted by molar-refractivity contribution is 5.78. The van der Waals surface area contributed by atoms with Gasteiger partial charge in [0.05, 0.1) is 6.54 Å². The number of nitrogens with two attached hydrogens (primary N) is 1. The lowest BCUT2D eigenvalue weighted by Crippen LogP contribution is -2.38. The molecule has 1 aromatic carbocycles. The summed E-state index contributed by atoms with van der Waals surface area (Å²) >= 11 is 0. The largest absolute Gasteiger partial charge is 0.345 e. The molecular weight excluding hydrogens is 226 g/mol. The van der Waals surface area contributed by atoms with E-state index in [1.165, 1.54) is 0 Å². The van der Waals surface area contributed by atoms with Gasteiger partial charge in [-0.2, -0.15) is 0 Å². The normalized spacial score (nSPS) is 19.7. The van der Waals surface area contributed by atoms with Crippen molar-refractivity contribution in [2.24, 2.45) is 5.73 Å². The Bertz CT molecular complexity index is 393. The van der Waals surface area contributed by atoms with E-state index < -0.39 is 0 Å². The fourth-order valence-corrected chi connectivity index (χ4v) is 2.29. The minimum absolute atomic E-state index is 0.0255. The lowest BCUT2D eigenvalue weighted by atomic mass is 10.1. The van der Waals surface area contributed by atoms with Gasteiger partial charge in [0.2, 0.25) is 5.91 Å². The van der Waals surface area contributed by atoms with Crippen molar-refractivity contribution in [3.8, 4) is 0 Å². The minimum Gasteiger partial charge on any atom is -0.345 e. The summed E-state index contributed by atoms with van der Waals surface area (Å²) in [6.07, 6.45) is 1.02. The van der Waals surface area contributed by atoms with E-state index in [4.69, 9.17) is 5.73 Å². The summed E-state index contributed by atoms with van der Waals surface area (Å²) in [6, 6.07) is 10.0. The molecule has 0 aromatic heterocycles. The van der Waals surface area contributed by atoms with Crippen LogP contribution in [0.1, 0.15) is 18.0 Å². The summed E-state index contributed by atoms with van der Waals surface area (Å²) in [5.74, 6) is 0.188. The number of benzene rings is 1. The van der Waals surface area contributed by atoms with Crippen molar-refractivity contribution < 1.29 is 4.79 Å². The van der Waals surface area contributed by atoms with Crippen LogP contribution in [0.2, 0.25) is 0 Å². The lowest BCUT2D eigenvalue weighted by Gasteiger charge is -2.23. The fourth-order valence-electron chi connectivity index (χ4n) is 2.29. The molecule has 1 aromatic rings. The smallest absolute Gasteiger partial charge is 0.236 e. The van der Waals surface area contributed by atoms with E-state index in [1.54, 1.807) is 4.90 Å². The van der Waals surface area contributed by atoms with Crippen molar-refractivity contribution in [1.29, 1.82) is 0 Å². The number of amides is 1. The molecule has 0 aliphatic carbocycles. The predicted octanol–water partition coefficient (Wildman–Crippen LogP) is 0.850. The van der Waals surface area contributed by atoms with Crippen molar-refractivity contribution in [2.75, 3.05) is 33.2 Å². The van der Waals surface area contributed by atoms with Gasteiger partial charge in [-0.25, -0.2) is 0 Å². The van der Waals surface area contributed by atoms with Crippen molar-refractivity contribution in [2.45, 2.75) is 12.5 Å². The quantitative estimate of drug-likeness (QED) is 0.861. The summed E-state index contributed by atoms with van der Waals surface area (Å²) in [7, 11) is 1.86. The summed E-state index contributed by atoms with van der Waals surface area (Å²) in [5.41, 5.74) is 7.32. The third kappa shape index (κ3) is 3.31. The van der Waals surface area contributed by atoms with Gasteiger partial charge in [0, 0.05) is 32.7 Å². The maximum atomic E-state index is 11.8. The molecule has 1 unspecified atom stereocenters. The number of rotatable bonds is 3. The van der Waals surface area contributed by atoms with Crippen LogP contribution in [0, 0.1) is 0 Å². The van der Waals surface area contributed by atoms with Gasteiger partial charge < -0.3 is 10.6 Å². The van der Waals surface area contributed by atoms with E-state index in [1.807, 2.05) is 37.4 Å². The van der Waals surface area contributed by atoms with Gasteiger partial charge in [-0.1, -0.05) is 30.3 Å². The maximum absolute atomic E-state index is 11.8. The lowest BCUT2D eigenvalue weighted by molar-refractivity contribution is -0.129. The van der Waals surface area contributed by atoms with Crippen LogP contribution < -0.4 is 5.73 Å². The monoisotopic (exact) mass is 247 g/mol. The highest BCUT2D eigenvalue weighted by Gasteiger charge is 2.20. The molecule has 1 fully saturated rings. The van der Waals surface area contributed by atoms with E-state index in [2.05, 4.69) is 4.90 Å². The van der Waals surface area contributed by atoms with Crippen LogP contribution in [0.4, 0.5) is 0 Å². The summed E-state index contributed by atoms with van der Waals surface area (Å²) in [5, 5.41) is 0. The van der Waals surface area contributed by atoms with Gasteiger partial charge in [-0.05, 0) is 12.0 Å². The molecule has 98 valence electrons. The predicted molar refractivity (Wildman–Crippen MR) is 72.1 cm³/mol. The van der Waals surface area contributed by atoms with Crippen LogP contribution in [0.25, 0.3) is 0 Å². The molecule has 2 N–H and O–H groups in total. The number of likely N-dealkylation sites (N-methyl/N-ethyl adjacent to an activating group) is 1. The number of hydrogen-bond donors (Lipinski definition) is 1. The number of nitrogens with zero attached hydrogens (tertiary/aromatic N) is 2. The van der Waals surface area contributed by atoms with E-state index in [-0.39, 0.29) is 11.9 Å². The highest BCUT2D eigenvalue weighted by atomic mass is 16.2. The Labute approximate surface area is 108 Å². The molecule has 4 heteroatoms. The second-order valence-corrected chi connectivity index (χ2v) is 4.92. The topological polar surface area (TPSA) is 49.6 Å². The Balaban J connectivity index is 1.95. The van der Waals surface area contributed by atoms with Crippen LogP contribution in [0.15, 0.2) is 30.3 Å². The molecular formula is C14H21N3O. The molecule has 18 heavy (non-hydrogen) atoms. The second kappa shape index (κ2) is 5.98. The molecule has 1 heterocycles. The third-order valence-electron chi connectivity index (χ3n) is 3.44. The Hall–Kier alpha value is -1.39. The van der Waals surface area contributed by atoms with Gasteiger partial charge in [0.1, 0.15) is 0 Å². The highest BCUT2D eigenvalue weighted by Crippen LogP contribution is 2.12. The van der Waals surface area contributed by atoms with Gasteiger partial charge in [-0.15, -0.1) is 0 Å². The SMILES string of the molecule is CN1CCCN(CC(N)c2ccccc2)CC1=O. The van der Waals surface area contributed by atoms with Crippen LogP contribution >= 0.6 is 0 Å². The standard InChI is InChI=1S/C14H21N3O/c1-16-8-5-9-17(11-14(16)18)10-13(15)12-6-3-2-4-7-12/h2-4,6-7,13H,5,8-11,15H2,1H3. The van der Waals surface area contributed by atoms with Crippen LogP contribution in [-0.4, -0.2) is 48.9 Å². The van der Waals surface area contributed by atoms with E-state index in [0.29, 0.717) is 6.54 Å². The Morgan fingerprint density at radius 1 is 1.28 bits per heavy atom. The zero-order valence-corrected chi connectivity index (χ0v) is 10.9. The number of carbonyl (C=O) groups excluding carboxylic acids is 1. The maximum Gasteiger partial charge on any atom is 0.236 e. The fraction of sp³-hybridized carbons (Fsp3) is 0.500. The van der Waals surface area contributed by atoms with Crippen LogP contribution in [-0.2, 0) is 4.79 Å². The van der Waals surface area contributed by atoms with Gasteiger partial charge in [-0.3, -0.25) is 9.69 Å². The number of hydrogen-bond acceptors (Lipinski definition) is 3. The van der Waals surface area contributed by atoms with Crippen molar-refractivity contribution in [3.05, 3.63) is 35.9 Å². The summed E-state index contributed by atoms with van der Waals surface area (Å²) in [6.45, 7) is 3.01. The van der Waals surface area contributed by atoms with E-state index >= 15 is 0 Å². The Kier molecular flexibility index (Phi) is 4.33. The molecule has 0 bridgehead atoms. The molecule has 1 amide bonds. The van der Waals surface area contributed by atoms with Crippen LogP contribution in [0.3, 0.4) is 0 Å². The molecule has 1 aliphatic rings.